The van der Waals surface area contributed by atoms with Crippen molar-refractivity contribution in [1.82, 2.24) is 9.80 Å². The lowest BCUT2D eigenvalue weighted by molar-refractivity contribution is -0.166. The molecule has 2 aliphatic rings. The minimum atomic E-state index is -0.993. The van der Waals surface area contributed by atoms with Crippen LogP contribution in [0.2, 0.25) is 0 Å². The molecule has 2 atom stereocenters. The molecule has 0 spiro atoms. The van der Waals surface area contributed by atoms with Crippen LogP contribution in [0.5, 0.6) is 0 Å². The van der Waals surface area contributed by atoms with Crippen molar-refractivity contribution >= 4 is 11.9 Å². The minimum absolute atomic E-state index is 0.0922. The Balaban J connectivity index is 1.98. The van der Waals surface area contributed by atoms with Gasteiger partial charge in [0.15, 0.2) is 6.10 Å². The zero-order valence-corrected chi connectivity index (χ0v) is 9.96. The van der Waals surface area contributed by atoms with E-state index in [-0.39, 0.29) is 25.1 Å². The highest BCUT2D eigenvalue weighted by Crippen LogP contribution is 2.19. The van der Waals surface area contributed by atoms with E-state index in [1.165, 1.54) is 0 Å². The number of carbonyl (C=O) groups excluding carboxylic acids is 1. The lowest BCUT2D eigenvalue weighted by Crippen LogP contribution is -2.54. The van der Waals surface area contributed by atoms with Gasteiger partial charge < -0.3 is 19.6 Å². The van der Waals surface area contributed by atoms with Gasteiger partial charge in [0.2, 0.25) is 5.91 Å². The molecule has 6 nitrogen and oxygen atoms in total. The molecule has 0 aromatic rings. The maximum atomic E-state index is 11.7. The molecular formula is C11H18N2O4. The van der Waals surface area contributed by atoms with Gasteiger partial charge in [0, 0.05) is 19.1 Å². The molecule has 2 fully saturated rings. The third-order valence-corrected chi connectivity index (χ3v) is 3.50. The van der Waals surface area contributed by atoms with Crippen molar-refractivity contribution in [2.24, 2.45) is 0 Å². The first-order chi connectivity index (χ1) is 8.11. The van der Waals surface area contributed by atoms with E-state index in [2.05, 4.69) is 11.8 Å². The van der Waals surface area contributed by atoms with E-state index in [1.807, 2.05) is 0 Å². The number of hydrogen-bond donors (Lipinski definition) is 1. The number of likely N-dealkylation sites (tertiary alicyclic amines) is 1. The fraction of sp³-hybridized carbons (Fsp3) is 0.818. The van der Waals surface area contributed by atoms with Crippen molar-refractivity contribution in [1.29, 1.82) is 0 Å². The predicted octanol–water partition coefficient (Wildman–Crippen LogP) is -0.607. The second-order valence-corrected chi connectivity index (χ2v) is 4.52. The standard InChI is InChI=1S/C11H18N2O4/c1-2-12-4-3-8(5-12)13-6-9(11(15)16)17-7-10(13)14/h8-9H,2-7H2,1H3,(H,15,16). The SMILES string of the molecule is CCN1CCC(N2CC(C(=O)O)OCC2=O)C1. The Bertz CT molecular complexity index is 321. The number of rotatable bonds is 3. The number of hydrogen-bond acceptors (Lipinski definition) is 4. The van der Waals surface area contributed by atoms with Crippen molar-refractivity contribution in [3.05, 3.63) is 0 Å². The molecule has 1 amide bonds. The van der Waals surface area contributed by atoms with Gasteiger partial charge in [0.05, 0.1) is 6.54 Å². The van der Waals surface area contributed by atoms with Gasteiger partial charge in [-0.1, -0.05) is 6.92 Å². The van der Waals surface area contributed by atoms with Crippen LogP contribution >= 0.6 is 0 Å². The Hall–Kier alpha value is -1.14. The molecule has 2 rings (SSSR count). The topological polar surface area (TPSA) is 70.1 Å². The Labute approximate surface area is 100 Å². The molecular weight excluding hydrogens is 224 g/mol. The van der Waals surface area contributed by atoms with Gasteiger partial charge in [-0.25, -0.2) is 4.79 Å². The van der Waals surface area contributed by atoms with E-state index in [0.29, 0.717) is 0 Å². The lowest BCUT2D eigenvalue weighted by atomic mass is 10.1. The zero-order valence-electron chi connectivity index (χ0n) is 9.96. The van der Waals surface area contributed by atoms with Crippen LogP contribution in [0.4, 0.5) is 0 Å². The van der Waals surface area contributed by atoms with Gasteiger partial charge in [0.1, 0.15) is 6.61 Å². The number of carbonyl (C=O) groups is 2. The van der Waals surface area contributed by atoms with Crippen molar-refractivity contribution in [3.8, 4) is 0 Å². The fourth-order valence-corrected chi connectivity index (χ4v) is 2.44. The van der Waals surface area contributed by atoms with Crippen LogP contribution in [0.15, 0.2) is 0 Å². The van der Waals surface area contributed by atoms with Crippen LogP contribution in [-0.4, -0.2) is 71.7 Å². The van der Waals surface area contributed by atoms with Crippen LogP contribution in [0.3, 0.4) is 0 Å². The number of carboxylic acid groups (broad SMARTS) is 1. The van der Waals surface area contributed by atoms with Gasteiger partial charge in [-0.15, -0.1) is 0 Å². The summed E-state index contributed by atoms with van der Waals surface area (Å²) in [6, 6.07) is 0.146. The monoisotopic (exact) mass is 242 g/mol. The number of ether oxygens (including phenoxy) is 1. The highest BCUT2D eigenvalue weighted by molar-refractivity contribution is 5.82. The molecule has 2 saturated heterocycles. The van der Waals surface area contributed by atoms with Gasteiger partial charge >= 0.3 is 5.97 Å². The summed E-state index contributed by atoms with van der Waals surface area (Å²) in [4.78, 5) is 26.5. The number of nitrogens with zero attached hydrogens (tertiary/aromatic N) is 2. The Kier molecular flexibility index (Phi) is 3.63. The van der Waals surface area contributed by atoms with Gasteiger partial charge in [-0.3, -0.25) is 4.79 Å². The molecule has 0 bridgehead atoms. The molecule has 2 heterocycles. The Morgan fingerprint density at radius 2 is 2.29 bits per heavy atom. The average molecular weight is 242 g/mol. The predicted molar refractivity (Wildman–Crippen MR) is 59.6 cm³/mol. The summed E-state index contributed by atoms with van der Waals surface area (Å²) in [5, 5.41) is 8.91. The minimum Gasteiger partial charge on any atom is -0.479 e. The fourth-order valence-electron chi connectivity index (χ4n) is 2.44. The summed E-state index contributed by atoms with van der Waals surface area (Å²) >= 11 is 0. The molecule has 96 valence electrons. The third kappa shape index (κ3) is 2.58. The first-order valence-electron chi connectivity index (χ1n) is 5.98. The first-order valence-corrected chi connectivity index (χ1v) is 5.98. The van der Waals surface area contributed by atoms with Crippen LogP contribution in [-0.2, 0) is 14.3 Å². The highest BCUT2D eigenvalue weighted by Gasteiger charge is 2.37. The number of amides is 1. The van der Waals surface area contributed by atoms with E-state index in [9.17, 15) is 9.59 Å². The molecule has 2 unspecified atom stereocenters. The number of carboxylic acids is 1. The molecule has 0 aliphatic carbocycles. The highest BCUT2D eigenvalue weighted by atomic mass is 16.5. The van der Waals surface area contributed by atoms with Crippen molar-refractivity contribution in [3.63, 3.8) is 0 Å². The molecule has 0 saturated carbocycles. The average Bonchev–Trinajstić information content (AvgIpc) is 2.77. The Morgan fingerprint density at radius 1 is 1.53 bits per heavy atom. The van der Waals surface area contributed by atoms with Gasteiger partial charge in [-0.2, -0.15) is 0 Å². The molecule has 2 aliphatic heterocycles. The Morgan fingerprint density at radius 3 is 2.88 bits per heavy atom. The first kappa shape index (κ1) is 12.3. The van der Waals surface area contributed by atoms with Crippen LogP contribution in [0, 0.1) is 0 Å². The summed E-state index contributed by atoms with van der Waals surface area (Å²) in [5.41, 5.74) is 0. The summed E-state index contributed by atoms with van der Waals surface area (Å²) < 4.78 is 4.99. The van der Waals surface area contributed by atoms with Crippen LogP contribution in [0.25, 0.3) is 0 Å². The molecule has 6 heteroatoms. The zero-order chi connectivity index (χ0) is 12.4. The largest absolute Gasteiger partial charge is 0.479 e. The van der Waals surface area contributed by atoms with Gasteiger partial charge in [0.25, 0.3) is 0 Å². The lowest BCUT2D eigenvalue weighted by Gasteiger charge is -2.35. The second kappa shape index (κ2) is 5.01. The summed E-state index contributed by atoms with van der Waals surface area (Å²) in [7, 11) is 0. The third-order valence-electron chi connectivity index (χ3n) is 3.50. The van der Waals surface area contributed by atoms with E-state index in [4.69, 9.17) is 9.84 Å². The van der Waals surface area contributed by atoms with Crippen molar-refractivity contribution in [2.45, 2.75) is 25.5 Å². The normalized spacial score (nSPS) is 30.9. The van der Waals surface area contributed by atoms with Crippen LogP contribution in [0.1, 0.15) is 13.3 Å². The molecule has 1 N–H and O–H groups in total. The molecule has 17 heavy (non-hydrogen) atoms. The van der Waals surface area contributed by atoms with Crippen molar-refractivity contribution < 1.29 is 19.4 Å². The molecule has 0 aromatic heterocycles. The van der Waals surface area contributed by atoms with E-state index in [1.54, 1.807) is 4.90 Å². The second-order valence-electron chi connectivity index (χ2n) is 4.52. The van der Waals surface area contributed by atoms with Gasteiger partial charge in [-0.05, 0) is 13.0 Å². The molecule has 0 radical (unpaired) electrons. The maximum Gasteiger partial charge on any atom is 0.334 e. The molecule has 0 aromatic carbocycles. The quantitative estimate of drug-likeness (QED) is 0.715. The number of aliphatic carboxylic acids is 1. The summed E-state index contributed by atoms with van der Waals surface area (Å²) in [6.45, 7) is 4.94. The van der Waals surface area contributed by atoms with E-state index in [0.717, 1.165) is 26.1 Å². The van der Waals surface area contributed by atoms with E-state index >= 15 is 0 Å². The van der Waals surface area contributed by atoms with Crippen molar-refractivity contribution in [2.75, 3.05) is 32.8 Å². The summed E-state index contributed by atoms with van der Waals surface area (Å²) in [5.74, 6) is -1.08. The number of likely N-dealkylation sites (N-methyl/N-ethyl adjacent to an activating group) is 1. The maximum absolute atomic E-state index is 11.7. The summed E-state index contributed by atoms with van der Waals surface area (Å²) in [6.07, 6.45) is 0.0507. The number of morpholine rings is 1. The van der Waals surface area contributed by atoms with E-state index < -0.39 is 12.1 Å². The smallest absolute Gasteiger partial charge is 0.334 e. The van der Waals surface area contributed by atoms with Crippen LogP contribution < -0.4 is 0 Å².